The van der Waals surface area contributed by atoms with E-state index in [1.807, 2.05) is 23.1 Å². The summed E-state index contributed by atoms with van der Waals surface area (Å²) in [7, 11) is 0. The van der Waals surface area contributed by atoms with E-state index in [4.69, 9.17) is 0 Å². The Labute approximate surface area is 186 Å². The van der Waals surface area contributed by atoms with E-state index in [0.717, 1.165) is 23.1 Å². The number of anilines is 2. The molecule has 0 unspecified atom stereocenters. The first-order valence-corrected chi connectivity index (χ1v) is 10.7. The van der Waals surface area contributed by atoms with Crippen LogP contribution in [0.25, 0.3) is 16.7 Å². The van der Waals surface area contributed by atoms with Crippen LogP contribution in [0.15, 0.2) is 42.5 Å². The van der Waals surface area contributed by atoms with Crippen LogP contribution >= 0.6 is 0 Å². The highest BCUT2D eigenvalue weighted by Crippen LogP contribution is 2.57. The summed E-state index contributed by atoms with van der Waals surface area (Å²) in [6, 6.07) is 12.8. The Hall–Kier alpha value is -3.67. The summed E-state index contributed by atoms with van der Waals surface area (Å²) in [4.78, 5) is 6.60. The fourth-order valence-corrected chi connectivity index (χ4v) is 4.51. The molecule has 1 saturated carbocycles. The molecule has 0 atom stereocenters. The summed E-state index contributed by atoms with van der Waals surface area (Å²) in [5.74, 6) is 6.09. The minimum atomic E-state index is -4.31. The smallest absolute Gasteiger partial charge is 0.325 e. The number of aromatic nitrogens is 4. The maximum Gasteiger partial charge on any atom is 0.405 e. The molecule has 0 saturated heterocycles. The van der Waals surface area contributed by atoms with Crippen molar-refractivity contribution in [1.82, 2.24) is 19.6 Å². The summed E-state index contributed by atoms with van der Waals surface area (Å²) in [6.45, 7) is 0.653. The Morgan fingerprint density at radius 3 is 2.61 bits per heavy atom. The van der Waals surface area contributed by atoms with Gasteiger partial charge in [0.05, 0.1) is 5.52 Å². The molecule has 2 aromatic heterocycles. The average molecular weight is 451 g/mol. The molecule has 2 aliphatic rings. The third-order valence-electron chi connectivity index (χ3n) is 6.43. The fourth-order valence-electron chi connectivity index (χ4n) is 4.51. The minimum Gasteiger partial charge on any atom is -0.325 e. The highest BCUT2D eigenvalue weighted by atomic mass is 19.4. The molecule has 6 rings (SSSR count). The van der Waals surface area contributed by atoms with Gasteiger partial charge in [-0.25, -0.2) is 4.40 Å². The van der Waals surface area contributed by atoms with Crippen LogP contribution in [0.5, 0.6) is 0 Å². The van der Waals surface area contributed by atoms with Gasteiger partial charge in [0.2, 0.25) is 0 Å². The molecule has 1 aliphatic heterocycles. The third kappa shape index (κ3) is 3.04. The van der Waals surface area contributed by atoms with Crippen molar-refractivity contribution in [3.05, 3.63) is 59.7 Å². The van der Waals surface area contributed by atoms with Crippen LogP contribution in [0.1, 0.15) is 30.4 Å². The van der Waals surface area contributed by atoms with Crippen molar-refractivity contribution < 1.29 is 17.6 Å². The van der Waals surface area contributed by atoms with Gasteiger partial charge in [-0.15, -0.1) is 5.10 Å². The molecule has 0 radical (unpaired) electrons. The monoisotopic (exact) mass is 451 g/mol. The van der Waals surface area contributed by atoms with Crippen molar-refractivity contribution in [3.8, 4) is 11.8 Å². The predicted octanol–water partition coefficient (Wildman–Crippen LogP) is 5.19. The molecule has 0 N–H and O–H groups in total. The molecule has 0 spiro atoms. The molecule has 1 fully saturated rings. The Morgan fingerprint density at radius 1 is 1.00 bits per heavy atom. The fraction of sp³-hybridized carbons (Fsp3) is 0.292. The summed E-state index contributed by atoms with van der Waals surface area (Å²) in [6.07, 6.45) is -3.47. The Morgan fingerprint density at radius 2 is 1.82 bits per heavy atom. The van der Waals surface area contributed by atoms with E-state index in [0.29, 0.717) is 29.9 Å². The molecule has 9 heteroatoms. The standard InChI is InChI=1S/C24H17F4N5/c25-21-30-31-22-29-20(17-6-1-2-8-19(17)33(21)22)32-14-4-7-16-15(5-3-9-18(16)32)10-11-23(12-13-23)24(26,27)28/h1-3,5-6,8-9H,4,7,12-14H2. The first-order valence-electron chi connectivity index (χ1n) is 10.7. The van der Waals surface area contributed by atoms with Gasteiger partial charge in [-0.1, -0.05) is 35.1 Å². The van der Waals surface area contributed by atoms with Crippen LogP contribution in [-0.2, 0) is 6.42 Å². The molecule has 3 heterocycles. The zero-order valence-corrected chi connectivity index (χ0v) is 17.3. The highest BCUT2D eigenvalue weighted by Gasteiger charge is 2.62. The normalized spacial score (nSPS) is 17.0. The van der Waals surface area contributed by atoms with Crippen LogP contribution in [0.2, 0.25) is 0 Å². The summed E-state index contributed by atoms with van der Waals surface area (Å²) in [5, 5.41) is 8.10. The number of halogens is 4. The molecule has 2 aromatic carbocycles. The first-order chi connectivity index (χ1) is 15.9. The van der Waals surface area contributed by atoms with E-state index in [2.05, 4.69) is 27.0 Å². The van der Waals surface area contributed by atoms with E-state index in [-0.39, 0.29) is 18.6 Å². The number of rotatable bonds is 1. The van der Waals surface area contributed by atoms with Crippen LogP contribution < -0.4 is 4.90 Å². The van der Waals surface area contributed by atoms with E-state index < -0.39 is 17.7 Å². The van der Waals surface area contributed by atoms with Gasteiger partial charge in [0.15, 0.2) is 0 Å². The number of para-hydroxylation sites is 1. The summed E-state index contributed by atoms with van der Waals surface area (Å²) < 4.78 is 55.5. The van der Waals surface area contributed by atoms with E-state index in [1.165, 1.54) is 4.40 Å². The van der Waals surface area contributed by atoms with Crippen molar-refractivity contribution in [2.45, 2.75) is 31.9 Å². The molecule has 166 valence electrons. The lowest BCUT2D eigenvalue weighted by atomic mass is 9.95. The van der Waals surface area contributed by atoms with Crippen molar-refractivity contribution in [2.75, 3.05) is 11.4 Å². The molecule has 5 nitrogen and oxygen atoms in total. The molecule has 0 bridgehead atoms. The zero-order valence-electron chi connectivity index (χ0n) is 17.3. The van der Waals surface area contributed by atoms with Crippen LogP contribution in [-0.4, -0.2) is 32.3 Å². The van der Waals surface area contributed by atoms with Gasteiger partial charge in [0.25, 0.3) is 5.78 Å². The van der Waals surface area contributed by atoms with Crippen LogP contribution in [0.3, 0.4) is 0 Å². The molecule has 4 aromatic rings. The van der Waals surface area contributed by atoms with Crippen LogP contribution in [0.4, 0.5) is 29.1 Å². The Bertz CT molecular complexity index is 1470. The van der Waals surface area contributed by atoms with Crippen molar-refractivity contribution in [2.24, 2.45) is 5.41 Å². The summed E-state index contributed by atoms with van der Waals surface area (Å²) in [5.41, 5.74) is 1.06. The molecule has 1 aliphatic carbocycles. The van der Waals surface area contributed by atoms with E-state index in [1.54, 1.807) is 24.3 Å². The minimum absolute atomic E-state index is 0.0511. The van der Waals surface area contributed by atoms with Crippen LogP contribution in [0, 0.1) is 23.3 Å². The number of benzene rings is 2. The lowest BCUT2D eigenvalue weighted by Gasteiger charge is -2.32. The topological polar surface area (TPSA) is 46.3 Å². The average Bonchev–Trinajstić information content (AvgIpc) is 3.53. The van der Waals surface area contributed by atoms with Crippen molar-refractivity contribution >= 4 is 28.2 Å². The van der Waals surface area contributed by atoms with Gasteiger partial charge >= 0.3 is 12.3 Å². The lowest BCUT2D eigenvalue weighted by molar-refractivity contribution is -0.168. The van der Waals surface area contributed by atoms with Gasteiger partial charge in [0, 0.05) is 23.2 Å². The van der Waals surface area contributed by atoms with Crippen molar-refractivity contribution in [3.63, 3.8) is 0 Å². The lowest BCUT2D eigenvalue weighted by Crippen LogP contribution is -2.26. The maximum atomic E-state index is 14.3. The molecular formula is C24H17F4N5. The van der Waals surface area contributed by atoms with Gasteiger partial charge in [0.1, 0.15) is 11.2 Å². The SMILES string of the molecule is Fc1nnc2nc(N3CCCc4c(C#CC5(C(F)(F)F)CC5)cccc43)c3ccccc3n12. The number of alkyl halides is 3. The largest absolute Gasteiger partial charge is 0.405 e. The number of hydrogen-bond acceptors (Lipinski definition) is 4. The summed E-state index contributed by atoms with van der Waals surface area (Å²) >= 11 is 0. The second kappa shape index (κ2) is 6.91. The van der Waals surface area contributed by atoms with Crippen molar-refractivity contribution in [1.29, 1.82) is 0 Å². The highest BCUT2D eigenvalue weighted by molar-refractivity contribution is 5.94. The number of nitrogens with zero attached hydrogens (tertiary/aromatic N) is 5. The maximum absolute atomic E-state index is 14.3. The molecule has 0 amide bonds. The van der Waals surface area contributed by atoms with Gasteiger partial charge in [-0.3, -0.25) is 0 Å². The number of hydrogen-bond donors (Lipinski definition) is 0. The third-order valence-corrected chi connectivity index (χ3v) is 6.43. The Kier molecular flexibility index (Phi) is 4.18. The van der Waals surface area contributed by atoms with Gasteiger partial charge in [-0.2, -0.15) is 22.5 Å². The van der Waals surface area contributed by atoms with Gasteiger partial charge < -0.3 is 4.90 Å². The Balaban J connectivity index is 1.50. The molecule has 33 heavy (non-hydrogen) atoms. The number of fused-ring (bicyclic) bond motifs is 4. The van der Waals surface area contributed by atoms with E-state index in [9.17, 15) is 17.6 Å². The zero-order chi connectivity index (χ0) is 22.8. The second-order valence-electron chi connectivity index (χ2n) is 8.45. The van der Waals surface area contributed by atoms with E-state index >= 15 is 0 Å². The first kappa shape index (κ1) is 20.0. The predicted molar refractivity (Wildman–Crippen MR) is 115 cm³/mol. The quantitative estimate of drug-likeness (QED) is 0.295. The second-order valence-corrected chi connectivity index (χ2v) is 8.45. The molecular weight excluding hydrogens is 434 g/mol. The van der Waals surface area contributed by atoms with Gasteiger partial charge in [-0.05, 0) is 55.5 Å².